The van der Waals surface area contributed by atoms with Crippen molar-refractivity contribution in [3.8, 4) is 0 Å². The smallest absolute Gasteiger partial charge is 0.304 e. The zero-order valence-electron chi connectivity index (χ0n) is 8.32. The molecule has 1 atom stereocenters. The Kier molecular flexibility index (Phi) is 6.76. The molecule has 0 saturated carbocycles. The average Bonchev–Trinajstić information content (AvgIpc) is 2.18. The van der Waals surface area contributed by atoms with Crippen molar-refractivity contribution < 1.29 is 9.90 Å². The Bertz CT molecular complexity index is 371. The van der Waals surface area contributed by atoms with Gasteiger partial charge < -0.3 is 10.8 Å². The lowest BCUT2D eigenvalue weighted by atomic mass is 9.96. The molecule has 0 unspecified atom stereocenters. The number of carboxylic acids is 1. The standard InChI is InChI=1S/C10H11Cl2NO2.ClH/c11-8-2-1-6(3-9(8)12)7(5-13)4-10(14)15;/h1-3,7H,4-5,13H2,(H,14,15);1H/t7-;/m0./s1. The van der Waals surface area contributed by atoms with Crippen LogP contribution < -0.4 is 5.73 Å². The lowest BCUT2D eigenvalue weighted by Gasteiger charge is -2.13. The van der Waals surface area contributed by atoms with E-state index in [1.54, 1.807) is 18.2 Å². The minimum absolute atomic E-state index is 0. The molecule has 1 aromatic rings. The number of hydrogen-bond acceptors (Lipinski definition) is 2. The average molecular weight is 285 g/mol. The molecule has 3 N–H and O–H groups in total. The van der Waals surface area contributed by atoms with Gasteiger partial charge in [0.2, 0.25) is 0 Å². The summed E-state index contributed by atoms with van der Waals surface area (Å²) < 4.78 is 0. The first kappa shape index (κ1) is 15.5. The van der Waals surface area contributed by atoms with Crippen molar-refractivity contribution in [2.45, 2.75) is 12.3 Å². The number of carbonyl (C=O) groups is 1. The molecule has 0 amide bonds. The minimum Gasteiger partial charge on any atom is -0.481 e. The van der Waals surface area contributed by atoms with Crippen LogP contribution in [0.15, 0.2) is 18.2 Å². The highest BCUT2D eigenvalue weighted by molar-refractivity contribution is 6.42. The first-order valence-electron chi connectivity index (χ1n) is 4.41. The molecule has 0 aliphatic rings. The quantitative estimate of drug-likeness (QED) is 0.893. The van der Waals surface area contributed by atoms with Gasteiger partial charge in [0.25, 0.3) is 0 Å². The maximum absolute atomic E-state index is 10.6. The second-order valence-electron chi connectivity index (χ2n) is 3.20. The van der Waals surface area contributed by atoms with E-state index >= 15 is 0 Å². The molecule has 0 heterocycles. The molecule has 0 aromatic heterocycles. The van der Waals surface area contributed by atoms with Gasteiger partial charge in [0.05, 0.1) is 16.5 Å². The third kappa shape index (κ3) is 4.18. The molecule has 6 heteroatoms. The highest BCUT2D eigenvalue weighted by Crippen LogP contribution is 2.27. The first-order chi connectivity index (χ1) is 7.04. The Balaban J connectivity index is 0.00000225. The van der Waals surface area contributed by atoms with E-state index in [1.807, 2.05) is 0 Å². The topological polar surface area (TPSA) is 63.3 Å². The van der Waals surface area contributed by atoms with Gasteiger partial charge in [-0.1, -0.05) is 29.3 Å². The van der Waals surface area contributed by atoms with Crippen molar-refractivity contribution in [1.82, 2.24) is 0 Å². The normalized spacial score (nSPS) is 11.7. The van der Waals surface area contributed by atoms with Gasteiger partial charge >= 0.3 is 5.97 Å². The zero-order valence-corrected chi connectivity index (χ0v) is 10.6. The van der Waals surface area contributed by atoms with Gasteiger partial charge in [0.15, 0.2) is 0 Å². The number of aliphatic carboxylic acids is 1. The lowest BCUT2D eigenvalue weighted by Crippen LogP contribution is -2.16. The van der Waals surface area contributed by atoms with Crippen molar-refractivity contribution in [2.75, 3.05) is 6.54 Å². The number of nitrogens with two attached hydrogens (primary N) is 1. The number of carboxylic acid groups (broad SMARTS) is 1. The predicted octanol–water partition coefficient (Wildman–Crippen LogP) is 2.93. The fourth-order valence-corrected chi connectivity index (χ4v) is 1.62. The summed E-state index contributed by atoms with van der Waals surface area (Å²) in [6, 6.07) is 5.04. The summed E-state index contributed by atoms with van der Waals surface area (Å²) in [5.74, 6) is -1.10. The molecule has 90 valence electrons. The monoisotopic (exact) mass is 283 g/mol. The first-order valence-corrected chi connectivity index (χ1v) is 5.17. The minimum atomic E-state index is -0.878. The number of halogens is 3. The Morgan fingerprint density at radius 2 is 2.00 bits per heavy atom. The van der Waals surface area contributed by atoms with Crippen molar-refractivity contribution in [3.05, 3.63) is 33.8 Å². The molecule has 16 heavy (non-hydrogen) atoms. The third-order valence-electron chi connectivity index (χ3n) is 2.12. The summed E-state index contributed by atoms with van der Waals surface area (Å²) >= 11 is 11.6. The van der Waals surface area contributed by atoms with Crippen LogP contribution in [0, 0.1) is 0 Å². The van der Waals surface area contributed by atoms with Crippen LogP contribution in [0.1, 0.15) is 17.9 Å². The number of hydrogen-bond donors (Lipinski definition) is 2. The van der Waals surface area contributed by atoms with Crippen LogP contribution in [0.3, 0.4) is 0 Å². The molecule has 0 saturated heterocycles. The molecule has 3 nitrogen and oxygen atoms in total. The van der Waals surface area contributed by atoms with E-state index in [-0.39, 0.29) is 31.3 Å². The molecule has 0 bridgehead atoms. The molecular weight excluding hydrogens is 272 g/mol. The molecule has 0 aliphatic heterocycles. The Morgan fingerprint density at radius 1 is 1.38 bits per heavy atom. The van der Waals surface area contributed by atoms with Crippen LogP contribution in [0.25, 0.3) is 0 Å². The van der Waals surface area contributed by atoms with E-state index in [1.165, 1.54) is 0 Å². The third-order valence-corrected chi connectivity index (χ3v) is 2.86. The van der Waals surface area contributed by atoms with E-state index < -0.39 is 5.97 Å². The summed E-state index contributed by atoms with van der Waals surface area (Å²) in [5.41, 5.74) is 6.30. The van der Waals surface area contributed by atoms with Gasteiger partial charge in [-0.05, 0) is 24.2 Å². The van der Waals surface area contributed by atoms with Crippen LogP contribution in [0.5, 0.6) is 0 Å². The number of benzene rings is 1. The predicted molar refractivity (Wildman–Crippen MR) is 67.8 cm³/mol. The van der Waals surface area contributed by atoms with Crippen LogP contribution in [0.4, 0.5) is 0 Å². The van der Waals surface area contributed by atoms with E-state index in [4.69, 9.17) is 34.0 Å². The van der Waals surface area contributed by atoms with E-state index in [9.17, 15) is 4.79 Å². The molecule has 0 aliphatic carbocycles. The second-order valence-corrected chi connectivity index (χ2v) is 4.02. The van der Waals surface area contributed by atoms with Gasteiger partial charge in [0.1, 0.15) is 0 Å². The van der Waals surface area contributed by atoms with Crippen LogP contribution in [-0.2, 0) is 4.79 Å². The fourth-order valence-electron chi connectivity index (χ4n) is 1.31. The van der Waals surface area contributed by atoms with E-state index in [0.717, 1.165) is 5.56 Å². The van der Waals surface area contributed by atoms with Crippen LogP contribution in [-0.4, -0.2) is 17.6 Å². The fraction of sp³-hybridized carbons (Fsp3) is 0.300. The van der Waals surface area contributed by atoms with Crippen LogP contribution >= 0.6 is 35.6 Å². The lowest BCUT2D eigenvalue weighted by molar-refractivity contribution is -0.137. The SMILES string of the molecule is Cl.NC[C@H](CC(=O)O)c1ccc(Cl)c(Cl)c1. The van der Waals surface area contributed by atoms with Gasteiger partial charge in [-0.3, -0.25) is 4.79 Å². The molecule has 1 rings (SSSR count). The summed E-state index contributed by atoms with van der Waals surface area (Å²) in [7, 11) is 0. The Hall–Kier alpha value is -0.480. The van der Waals surface area contributed by atoms with Gasteiger partial charge in [-0.25, -0.2) is 0 Å². The zero-order chi connectivity index (χ0) is 11.4. The molecule has 0 fully saturated rings. The number of rotatable bonds is 4. The summed E-state index contributed by atoms with van der Waals surface area (Å²) in [6.45, 7) is 0.268. The maximum atomic E-state index is 10.6. The highest BCUT2D eigenvalue weighted by atomic mass is 35.5. The summed E-state index contributed by atoms with van der Waals surface area (Å²) in [5, 5.41) is 9.55. The van der Waals surface area contributed by atoms with Crippen molar-refractivity contribution in [3.63, 3.8) is 0 Å². The van der Waals surface area contributed by atoms with Crippen molar-refractivity contribution in [2.24, 2.45) is 5.73 Å². The Labute approximate surface area is 110 Å². The summed E-state index contributed by atoms with van der Waals surface area (Å²) in [6.07, 6.45) is -0.00549. The van der Waals surface area contributed by atoms with E-state index in [0.29, 0.717) is 10.0 Å². The molecule has 0 spiro atoms. The summed E-state index contributed by atoms with van der Waals surface area (Å²) in [4.78, 5) is 10.6. The second kappa shape index (κ2) is 6.97. The van der Waals surface area contributed by atoms with Gasteiger partial charge in [0, 0.05) is 5.92 Å². The van der Waals surface area contributed by atoms with Gasteiger partial charge in [-0.2, -0.15) is 0 Å². The van der Waals surface area contributed by atoms with Crippen molar-refractivity contribution in [1.29, 1.82) is 0 Å². The largest absolute Gasteiger partial charge is 0.481 e. The van der Waals surface area contributed by atoms with Crippen LogP contribution in [0.2, 0.25) is 10.0 Å². The van der Waals surface area contributed by atoms with Gasteiger partial charge in [-0.15, -0.1) is 12.4 Å². The maximum Gasteiger partial charge on any atom is 0.304 e. The van der Waals surface area contributed by atoms with E-state index in [2.05, 4.69) is 0 Å². The van der Waals surface area contributed by atoms with Crippen molar-refractivity contribution >= 4 is 41.6 Å². The highest BCUT2D eigenvalue weighted by Gasteiger charge is 2.14. The Morgan fingerprint density at radius 3 is 2.44 bits per heavy atom. The molecule has 1 aromatic carbocycles. The molecule has 0 radical (unpaired) electrons. The molecular formula is C10H12Cl3NO2.